The van der Waals surface area contributed by atoms with Gasteiger partial charge in [0.15, 0.2) is 0 Å². The molecule has 5 nitrogen and oxygen atoms in total. The molecule has 20 heavy (non-hydrogen) atoms. The summed E-state index contributed by atoms with van der Waals surface area (Å²) in [6.07, 6.45) is 9.43. The van der Waals surface area contributed by atoms with E-state index in [1.165, 1.54) is 6.42 Å². The second-order valence-corrected chi connectivity index (χ2v) is 7.66. The topological polar surface area (TPSA) is 58.6 Å². The molecule has 2 rings (SSSR count). The smallest absolute Gasteiger partial charge is 0.279 e. The molecule has 1 saturated heterocycles. The highest BCUT2D eigenvalue weighted by Gasteiger charge is 2.31. The minimum Gasteiger partial charge on any atom is -0.380 e. The van der Waals surface area contributed by atoms with Crippen molar-refractivity contribution in [2.24, 2.45) is 0 Å². The maximum atomic E-state index is 12.5. The van der Waals surface area contributed by atoms with Crippen molar-refractivity contribution < 1.29 is 13.2 Å². The number of nitrogens with one attached hydrogen (secondary N) is 1. The van der Waals surface area contributed by atoms with Crippen LogP contribution in [-0.2, 0) is 14.9 Å². The van der Waals surface area contributed by atoms with E-state index in [0.717, 1.165) is 51.4 Å². The van der Waals surface area contributed by atoms with Crippen molar-refractivity contribution in [1.29, 1.82) is 0 Å². The van der Waals surface area contributed by atoms with Gasteiger partial charge in [-0.3, -0.25) is 0 Å². The summed E-state index contributed by atoms with van der Waals surface area (Å²) in [6.45, 7) is 1.30. The lowest BCUT2D eigenvalue weighted by Crippen LogP contribution is -2.50. The van der Waals surface area contributed by atoms with Crippen LogP contribution >= 0.6 is 0 Å². The van der Waals surface area contributed by atoms with E-state index in [1.54, 1.807) is 11.4 Å². The Labute approximate surface area is 123 Å². The maximum absolute atomic E-state index is 12.5. The number of hydrogen-bond donors (Lipinski definition) is 1. The average molecular weight is 304 g/mol. The van der Waals surface area contributed by atoms with Crippen molar-refractivity contribution >= 4 is 10.2 Å². The molecule has 2 atom stereocenters. The number of nitrogens with zero attached hydrogens (tertiary/aromatic N) is 1. The molecule has 1 heterocycles. The summed E-state index contributed by atoms with van der Waals surface area (Å²) >= 11 is 0. The molecule has 0 bridgehead atoms. The highest BCUT2D eigenvalue weighted by Crippen LogP contribution is 2.22. The quantitative estimate of drug-likeness (QED) is 0.809. The van der Waals surface area contributed by atoms with Crippen LogP contribution < -0.4 is 4.72 Å². The zero-order chi connectivity index (χ0) is 14.4. The Balaban J connectivity index is 2.01. The molecule has 0 aromatic carbocycles. The fourth-order valence-electron chi connectivity index (χ4n) is 3.24. The molecular weight excluding hydrogens is 276 g/mol. The molecule has 0 spiro atoms. The van der Waals surface area contributed by atoms with Gasteiger partial charge < -0.3 is 4.74 Å². The number of rotatable bonds is 4. The fourth-order valence-corrected chi connectivity index (χ4v) is 4.78. The Kier molecular flexibility index (Phi) is 6.26. The van der Waals surface area contributed by atoms with E-state index in [0.29, 0.717) is 13.1 Å². The fraction of sp³-hybridized carbons (Fsp3) is 1.00. The lowest BCUT2D eigenvalue weighted by atomic mass is 10.1. The second kappa shape index (κ2) is 7.73. The molecule has 0 aromatic rings. The van der Waals surface area contributed by atoms with Crippen molar-refractivity contribution in [3.8, 4) is 0 Å². The molecule has 1 aliphatic carbocycles. The van der Waals surface area contributed by atoms with E-state index in [-0.39, 0.29) is 12.1 Å². The molecule has 0 radical (unpaired) electrons. The first-order valence-electron chi connectivity index (χ1n) is 7.93. The summed E-state index contributed by atoms with van der Waals surface area (Å²) in [5.74, 6) is 0. The molecule has 1 N–H and O–H groups in total. The molecule has 2 aliphatic rings. The van der Waals surface area contributed by atoms with E-state index in [4.69, 9.17) is 4.74 Å². The number of hydrogen-bond acceptors (Lipinski definition) is 3. The SMILES string of the molecule is CO[C@@H]1CCCCC[C@@H]1NS(=O)(=O)N1CCCCCC1. The van der Waals surface area contributed by atoms with Crippen LogP contribution in [0.4, 0.5) is 0 Å². The first kappa shape index (κ1) is 16.2. The van der Waals surface area contributed by atoms with Crippen LogP contribution in [0.3, 0.4) is 0 Å². The van der Waals surface area contributed by atoms with Crippen LogP contribution in [-0.4, -0.2) is 45.1 Å². The van der Waals surface area contributed by atoms with E-state index in [9.17, 15) is 8.42 Å². The Hall–Kier alpha value is -0.170. The first-order chi connectivity index (χ1) is 9.63. The predicted octanol–water partition coefficient (Wildman–Crippen LogP) is 2.04. The van der Waals surface area contributed by atoms with Gasteiger partial charge in [-0.05, 0) is 25.7 Å². The zero-order valence-electron chi connectivity index (χ0n) is 12.5. The largest absolute Gasteiger partial charge is 0.380 e. The molecular formula is C14H28N2O3S. The van der Waals surface area contributed by atoms with E-state index in [2.05, 4.69) is 4.72 Å². The molecule has 2 fully saturated rings. The zero-order valence-corrected chi connectivity index (χ0v) is 13.3. The lowest BCUT2D eigenvalue weighted by Gasteiger charge is -2.28. The minimum atomic E-state index is -3.36. The molecule has 118 valence electrons. The summed E-state index contributed by atoms with van der Waals surface area (Å²) in [5.41, 5.74) is 0. The van der Waals surface area contributed by atoms with Gasteiger partial charge in [0.05, 0.1) is 6.10 Å². The molecule has 1 saturated carbocycles. The van der Waals surface area contributed by atoms with Crippen LogP contribution in [0.2, 0.25) is 0 Å². The van der Waals surface area contributed by atoms with Crippen molar-refractivity contribution in [1.82, 2.24) is 9.03 Å². The molecule has 1 aliphatic heterocycles. The van der Waals surface area contributed by atoms with E-state index in [1.807, 2.05) is 0 Å². The normalized spacial score (nSPS) is 30.6. The van der Waals surface area contributed by atoms with E-state index < -0.39 is 10.2 Å². The number of ether oxygens (including phenoxy) is 1. The van der Waals surface area contributed by atoms with Gasteiger partial charge in [0, 0.05) is 26.2 Å². The molecule has 0 unspecified atom stereocenters. The standard InChI is InChI=1S/C14H28N2O3S/c1-19-14-10-6-4-5-9-13(14)15-20(17,18)16-11-7-2-3-8-12-16/h13-15H,2-12H2,1H3/t13-,14+/m0/s1. The van der Waals surface area contributed by atoms with Crippen molar-refractivity contribution in [3.05, 3.63) is 0 Å². The first-order valence-corrected chi connectivity index (χ1v) is 9.38. The Morgan fingerprint density at radius 1 is 0.950 bits per heavy atom. The van der Waals surface area contributed by atoms with Crippen LogP contribution in [0.1, 0.15) is 57.8 Å². The summed E-state index contributed by atoms with van der Waals surface area (Å²) in [5, 5.41) is 0. The average Bonchev–Trinajstić information content (AvgIpc) is 2.80. The van der Waals surface area contributed by atoms with Crippen molar-refractivity contribution in [2.45, 2.75) is 69.9 Å². The lowest BCUT2D eigenvalue weighted by molar-refractivity contribution is 0.0696. The van der Waals surface area contributed by atoms with Crippen LogP contribution in [0.5, 0.6) is 0 Å². The number of methoxy groups -OCH3 is 1. The molecule has 0 aromatic heterocycles. The van der Waals surface area contributed by atoms with Gasteiger partial charge in [0.25, 0.3) is 10.2 Å². The summed E-state index contributed by atoms with van der Waals surface area (Å²) in [7, 11) is -1.68. The van der Waals surface area contributed by atoms with E-state index >= 15 is 0 Å². The summed E-state index contributed by atoms with van der Waals surface area (Å²) in [4.78, 5) is 0. The summed E-state index contributed by atoms with van der Waals surface area (Å²) in [6, 6.07) is -0.0734. The molecule has 0 amide bonds. The Morgan fingerprint density at radius 2 is 1.55 bits per heavy atom. The van der Waals surface area contributed by atoms with Gasteiger partial charge in [-0.15, -0.1) is 0 Å². The Morgan fingerprint density at radius 3 is 2.20 bits per heavy atom. The molecule has 6 heteroatoms. The third kappa shape index (κ3) is 4.41. The minimum absolute atomic E-state index is 0.0132. The maximum Gasteiger partial charge on any atom is 0.279 e. The summed E-state index contributed by atoms with van der Waals surface area (Å²) < 4.78 is 35.1. The second-order valence-electron chi connectivity index (χ2n) is 5.95. The predicted molar refractivity (Wildman–Crippen MR) is 79.8 cm³/mol. The van der Waals surface area contributed by atoms with Gasteiger partial charge in [0.1, 0.15) is 0 Å². The monoisotopic (exact) mass is 304 g/mol. The van der Waals surface area contributed by atoms with Gasteiger partial charge in [-0.1, -0.05) is 32.1 Å². The van der Waals surface area contributed by atoms with Gasteiger partial charge in [0.2, 0.25) is 0 Å². The van der Waals surface area contributed by atoms with Crippen LogP contribution in [0.25, 0.3) is 0 Å². The third-order valence-corrected chi connectivity index (χ3v) is 6.11. The highest BCUT2D eigenvalue weighted by molar-refractivity contribution is 7.87. The third-order valence-electron chi connectivity index (χ3n) is 4.46. The van der Waals surface area contributed by atoms with Crippen LogP contribution in [0.15, 0.2) is 0 Å². The Bertz CT molecular complexity index is 378. The van der Waals surface area contributed by atoms with Crippen LogP contribution in [0, 0.1) is 0 Å². The van der Waals surface area contributed by atoms with Gasteiger partial charge in [-0.2, -0.15) is 17.4 Å². The van der Waals surface area contributed by atoms with Crippen molar-refractivity contribution in [3.63, 3.8) is 0 Å². The van der Waals surface area contributed by atoms with Gasteiger partial charge in [-0.25, -0.2) is 0 Å². The van der Waals surface area contributed by atoms with Gasteiger partial charge >= 0.3 is 0 Å². The van der Waals surface area contributed by atoms with Crippen molar-refractivity contribution in [2.75, 3.05) is 20.2 Å². The highest BCUT2D eigenvalue weighted by atomic mass is 32.2.